The number of carbonyl (C=O) groups excluding carboxylic acids is 1. The van der Waals surface area contributed by atoms with E-state index in [1.54, 1.807) is 12.4 Å². The second-order valence-corrected chi connectivity index (χ2v) is 4.72. The van der Waals surface area contributed by atoms with Crippen LogP contribution in [0.2, 0.25) is 0 Å². The van der Waals surface area contributed by atoms with E-state index in [2.05, 4.69) is 15.5 Å². The lowest BCUT2D eigenvalue weighted by Crippen LogP contribution is -2.18. The van der Waals surface area contributed by atoms with E-state index in [-0.39, 0.29) is 5.91 Å². The third kappa shape index (κ3) is 2.81. The highest BCUT2D eigenvalue weighted by molar-refractivity contribution is 7.12. The van der Waals surface area contributed by atoms with Gasteiger partial charge in [0.25, 0.3) is 5.91 Å². The highest BCUT2D eigenvalue weighted by Crippen LogP contribution is 2.14. The second-order valence-electron chi connectivity index (χ2n) is 3.81. The van der Waals surface area contributed by atoms with Crippen molar-refractivity contribution >= 4 is 23.0 Å². The van der Waals surface area contributed by atoms with Gasteiger partial charge in [-0.3, -0.25) is 9.78 Å². The Bertz CT molecular complexity index is 575. The average Bonchev–Trinajstić information content (AvgIpc) is 2.83. The Hall–Kier alpha value is -2.01. The maximum Gasteiger partial charge on any atom is 0.281 e. The number of aryl methyl sites for hydroxylation is 1. The van der Waals surface area contributed by atoms with Crippen molar-refractivity contribution in [2.75, 3.05) is 0 Å². The molecule has 0 atom stereocenters. The molecule has 0 aliphatic heterocycles. The van der Waals surface area contributed by atoms with Gasteiger partial charge in [0.15, 0.2) is 0 Å². The zero-order valence-corrected chi connectivity index (χ0v) is 11.0. The molecule has 0 spiro atoms. The van der Waals surface area contributed by atoms with Crippen LogP contribution in [-0.4, -0.2) is 16.6 Å². The van der Waals surface area contributed by atoms with Crippen LogP contribution in [0.3, 0.4) is 0 Å². The molecule has 2 aromatic rings. The summed E-state index contributed by atoms with van der Waals surface area (Å²) >= 11 is 1.41. The number of hydrogen-bond acceptors (Lipinski definition) is 4. The molecule has 5 heteroatoms. The molecule has 1 amide bonds. The van der Waals surface area contributed by atoms with E-state index in [1.807, 2.05) is 37.4 Å². The van der Waals surface area contributed by atoms with E-state index in [0.29, 0.717) is 4.88 Å². The van der Waals surface area contributed by atoms with Crippen LogP contribution in [0.4, 0.5) is 0 Å². The normalized spacial score (nSPS) is 11.3. The molecule has 0 radical (unpaired) electrons. The SMILES string of the molecule is C/C(=N/NC(=O)c1sccc1C)c1ccncc1. The lowest BCUT2D eigenvalue weighted by Gasteiger charge is -2.02. The van der Waals surface area contributed by atoms with Gasteiger partial charge in [0, 0.05) is 18.0 Å². The first-order valence-electron chi connectivity index (χ1n) is 5.47. The van der Waals surface area contributed by atoms with Crippen LogP contribution < -0.4 is 5.43 Å². The van der Waals surface area contributed by atoms with Crippen molar-refractivity contribution in [1.82, 2.24) is 10.4 Å². The lowest BCUT2D eigenvalue weighted by molar-refractivity contribution is 0.0958. The Morgan fingerprint density at radius 2 is 2.06 bits per heavy atom. The molecule has 4 nitrogen and oxygen atoms in total. The van der Waals surface area contributed by atoms with Gasteiger partial charge < -0.3 is 0 Å². The molecule has 0 bridgehead atoms. The van der Waals surface area contributed by atoms with Crippen LogP contribution in [0.5, 0.6) is 0 Å². The monoisotopic (exact) mass is 259 g/mol. The van der Waals surface area contributed by atoms with E-state index in [4.69, 9.17) is 0 Å². The fourth-order valence-corrected chi connectivity index (χ4v) is 2.26. The van der Waals surface area contributed by atoms with Crippen LogP contribution >= 0.6 is 11.3 Å². The number of pyridine rings is 1. The number of hydrazone groups is 1. The standard InChI is InChI=1S/C13H13N3OS/c1-9-5-8-18-12(9)13(17)16-15-10(2)11-3-6-14-7-4-11/h3-8H,1-2H3,(H,16,17)/b15-10-. The highest BCUT2D eigenvalue weighted by atomic mass is 32.1. The molecule has 2 rings (SSSR count). The van der Waals surface area contributed by atoms with Gasteiger partial charge in [0.1, 0.15) is 0 Å². The average molecular weight is 259 g/mol. The Morgan fingerprint density at radius 3 is 2.67 bits per heavy atom. The van der Waals surface area contributed by atoms with Crippen molar-refractivity contribution in [3.63, 3.8) is 0 Å². The summed E-state index contributed by atoms with van der Waals surface area (Å²) in [4.78, 5) is 16.5. The first kappa shape index (κ1) is 12.4. The molecule has 92 valence electrons. The van der Waals surface area contributed by atoms with Crippen LogP contribution in [0.15, 0.2) is 41.1 Å². The van der Waals surface area contributed by atoms with Crippen molar-refractivity contribution in [3.05, 3.63) is 52.0 Å². The van der Waals surface area contributed by atoms with Gasteiger partial charge in [-0.15, -0.1) is 11.3 Å². The van der Waals surface area contributed by atoms with Crippen molar-refractivity contribution in [2.45, 2.75) is 13.8 Å². The summed E-state index contributed by atoms with van der Waals surface area (Å²) in [5.74, 6) is -0.170. The van der Waals surface area contributed by atoms with Gasteiger partial charge in [-0.2, -0.15) is 5.10 Å². The molecule has 0 aliphatic rings. The maximum atomic E-state index is 11.8. The van der Waals surface area contributed by atoms with Gasteiger partial charge >= 0.3 is 0 Å². The van der Waals surface area contributed by atoms with Crippen LogP contribution in [0, 0.1) is 6.92 Å². The Kier molecular flexibility index (Phi) is 3.84. The van der Waals surface area contributed by atoms with Gasteiger partial charge in [0.05, 0.1) is 10.6 Å². The topological polar surface area (TPSA) is 54.4 Å². The molecule has 1 N–H and O–H groups in total. The molecule has 0 aliphatic carbocycles. The van der Waals surface area contributed by atoms with Crippen molar-refractivity contribution < 1.29 is 4.79 Å². The lowest BCUT2D eigenvalue weighted by atomic mass is 10.2. The maximum absolute atomic E-state index is 11.8. The predicted octanol–water partition coefficient (Wildman–Crippen LogP) is 2.61. The van der Waals surface area contributed by atoms with Gasteiger partial charge in [-0.25, -0.2) is 5.43 Å². The number of carbonyl (C=O) groups is 1. The number of thiophene rings is 1. The summed E-state index contributed by atoms with van der Waals surface area (Å²) < 4.78 is 0. The van der Waals surface area contributed by atoms with E-state index < -0.39 is 0 Å². The number of aromatic nitrogens is 1. The first-order valence-corrected chi connectivity index (χ1v) is 6.35. The smallest absolute Gasteiger partial charge is 0.266 e. The van der Waals surface area contributed by atoms with E-state index in [0.717, 1.165) is 16.8 Å². The molecule has 18 heavy (non-hydrogen) atoms. The van der Waals surface area contributed by atoms with Crippen LogP contribution in [0.1, 0.15) is 27.7 Å². The van der Waals surface area contributed by atoms with Gasteiger partial charge in [0.2, 0.25) is 0 Å². The zero-order chi connectivity index (χ0) is 13.0. The molecule has 0 aromatic carbocycles. The number of rotatable bonds is 3. The van der Waals surface area contributed by atoms with E-state index in [9.17, 15) is 4.79 Å². The second kappa shape index (κ2) is 5.55. The summed E-state index contributed by atoms with van der Waals surface area (Å²) in [5.41, 5.74) is 5.22. The molecule has 2 heterocycles. The minimum absolute atomic E-state index is 0.170. The van der Waals surface area contributed by atoms with E-state index in [1.165, 1.54) is 11.3 Å². The zero-order valence-electron chi connectivity index (χ0n) is 10.2. The fraction of sp³-hybridized carbons (Fsp3) is 0.154. The van der Waals surface area contributed by atoms with Gasteiger partial charge in [-0.1, -0.05) is 0 Å². The number of amides is 1. The van der Waals surface area contributed by atoms with Crippen molar-refractivity contribution in [1.29, 1.82) is 0 Å². The van der Waals surface area contributed by atoms with Gasteiger partial charge in [-0.05, 0) is 43.0 Å². The number of nitrogens with zero attached hydrogens (tertiary/aromatic N) is 2. The summed E-state index contributed by atoms with van der Waals surface area (Å²) in [6, 6.07) is 5.61. The van der Waals surface area contributed by atoms with E-state index >= 15 is 0 Å². The van der Waals surface area contributed by atoms with Crippen molar-refractivity contribution in [3.8, 4) is 0 Å². The first-order chi connectivity index (χ1) is 8.68. The molecule has 0 saturated heterocycles. The molecule has 2 aromatic heterocycles. The minimum atomic E-state index is -0.170. The Balaban J connectivity index is 2.08. The predicted molar refractivity (Wildman–Crippen MR) is 73.0 cm³/mol. The van der Waals surface area contributed by atoms with Crippen molar-refractivity contribution in [2.24, 2.45) is 5.10 Å². The summed E-state index contributed by atoms with van der Waals surface area (Å²) in [6.07, 6.45) is 3.39. The molecular formula is C13H13N3OS. The summed E-state index contributed by atoms with van der Waals surface area (Å²) in [7, 11) is 0. The number of nitrogens with one attached hydrogen (secondary N) is 1. The molecule has 0 saturated carbocycles. The molecular weight excluding hydrogens is 246 g/mol. The third-order valence-corrected chi connectivity index (χ3v) is 3.51. The minimum Gasteiger partial charge on any atom is -0.266 e. The molecule has 0 unspecified atom stereocenters. The summed E-state index contributed by atoms with van der Waals surface area (Å²) in [6.45, 7) is 3.75. The number of hydrogen-bond donors (Lipinski definition) is 1. The fourth-order valence-electron chi connectivity index (χ4n) is 1.45. The Labute approximate surface area is 109 Å². The molecule has 0 fully saturated rings. The quantitative estimate of drug-likeness (QED) is 0.680. The van der Waals surface area contributed by atoms with Crippen LogP contribution in [-0.2, 0) is 0 Å². The largest absolute Gasteiger partial charge is 0.281 e. The van der Waals surface area contributed by atoms with Crippen LogP contribution in [0.25, 0.3) is 0 Å². The third-order valence-electron chi connectivity index (χ3n) is 2.49. The summed E-state index contributed by atoms with van der Waals surface area (Å²) in [5, 5.41) is 5.98. The Morgan fingerprint density at radius 1 is 1.33 bits per heavy atom. The highest BCUT2D eigenvalue weighted by Gasteiger charge is 2.09.